The van der Waals surface area contributed by atoms with Crippen LogP contribution in [0.4, 0.5) is 11.6 Å². The summed E-state index contributed by atoms with van der Waals surface area (Å²) in [6, 6.07) is 10.1. The van der Waals surface area contributed by atoms with E-state index in [4.69, 9.17) is 19.4 Å². The van der Waals surface area contributed by atoms with Gasteiger partial charge in [-0.1, -0.05) is 0 Å². The van der Waals surface area contributed by atoms with Gasteiger partial charge < -0.3 is 19.4 Å². The summed E-state index contributed by atoms with van der Waals surface area (Å²) in [5, 5.41) is 11.3. The first-order valence-corrected chi connectivity index (χ1v) is 15.4. The normalized spacial score (nSPS) is 21.9. The predicted octanol–water partition coefficient (Wildman–Crippen LogP) is 5.96. The lowest BCUT2D eigenvalue weighted by atomic mass is 9.78. The van der Waals surface area contributed by atoms with E-state index in [-0.39, 0.29) is 23.2 Å². The van der Waals surface area contributed by atoms with Gasteiger partial charge in [0.25, 0.3) is 5.91 Å². The molecule has 3 aliphatic rings. The monoisotopic (exact) mass is 583 g/mol. The van der Waals surface area contributed by atoms with Gasteiger partial charge in [-0.25, -0.2) is 9.67 Å². The van der Waals surface area contributed by atoms with Crippen LogP contribution in [0.15, 0.2) is 36.5 Å². The van der Waals surface area contributed by atoms with Gasteiger partial charge in [0, 0.05) is 30.5 Å². The van der Waals surface area contributed by atoms with Crippen molar-refractivity contribution in [2.45, 2.75) is 84.1 Å². The third-order valence-corrected chi connectivity index (χ3v) is 9.24. The van der Waals surface area contributed by atoms with Crippen molar-refractivity contribution in [2.24, 2.45) is 18.9 Å². The number of fused-ring (bicyclic) bond motifs is 7. The van der Waals surface area contributed by atoms with Gasteiger partial charge in [0.1, 0.15) is 0 Å². The molecule has 1 unspecified atom stereocenters. The van der Waals surface area contributed by atoms with Crippen LogP contribution >= 0.6 is 0 Å². The van der Waals surface area contributed by atoms with Crippen LogP contribution in [0.3, 0.4) is 0 Å². The predicted molar refractivity (Wildman–Crippen MR) is 166 cm³/mol. The van der Waals surface area contributed by atoms with Gasteiger partial charge in [-0.15, -0.1) is 0 Å². The first-order valence-electron chi connectivity index (χ1n) is 15.4. The third-order valence-electron chi connectivity index (χ3n) is 9.24. The standard InChI is InChI=1S/C33H41N7O3/c1-19-14-22-15-25(35-19)24-17-34-39(6)29(24)42-13-7-8-21(20-9-10-20)18-40-27-12-11-23(16-26(27)37-31(40)38-28(22)41)36-30-32(2,3)43-33(30,4)5/h11-12,14-17,20-21,30,36H,7-10,13,18H2,1-6H3,(H,37,38,41). The summed E-state index contributed by atoms with van der Waals surface area (Å²) < 4.78 is 16.3. The Bertz CT molecular complexity index is 1700. The van der Waals surface area contributed by atoms with Gasteiger partial charge in [0.15, 0.2) is 0 Å². The SMILES string of the molecule is Cc1cc2cc(n1)-c1cnn(C)c1OCCCC(C1CC1)Cn1c(nc3cc(NC4C(C)(C)OC4(C)C)ccc31)NC2=O. The molecule has 1 saturated heterocycles. The number of carbonyl (C=O) groups excluding carboxylic acids is 1. The zero-order valence-electron chi connectivity index (χ0n) is 25.9. The van der Waals surface area contributed by atoms with Gasteiger partial charge in [-0.05, 0) is 102 Å². The molecular weight excluding hydrogens is 542 g/mol. The first-order chi connectivity index (χ1) is 20.5. The summed E-state index contributed by atoms with van der Waals surface area (Å²) in [5.74, 6) is 2.16. The zero-order chi connectivity index (χ0) is 30.1. The van der Waals surface area contributed by atoms with E-state index in [1.807, 2.05) is 14.0 Å². The van der Waals surface area contributed by atoms with E-state index in [0.29, 0.717) is 41.5 Å². The molecule has 43 heavy (non-hydrogen) atoms. The summed E-state index contributed by atoms with van der Waals surface area (Å²) in [6.45, 7) is 11.7. The average molecular weight is 584 g/mol. The van der Waals surface area contributed by atoms with Gasteiger partial charge in [0.2, 0.25) is 11.8 Å². The Morgan fingerprint density at radius 1 is 1.02 bits per heavy atom. The third kappa shape index (κ3) is 5.15. The minimum atomic E-state index is -0.265. The topological polar surface area (TPSA) is 108 Å². The van der Waals surface area contributed by atoms with Crippen LogP contribution in [0.25, 0.3) is 22.3 Å². The van der Waals surface area contributed by atoms with Crippen molar-refractivity contribution in [1.82, 2.24) is 24.3 Å². The van der Waals surface area contributed by atoms with Crippen molar-refractivity contribution in [3.8, 4) is 17.1 Å². The molecule has 4 aromatic rings. The van der Waals surface area contributed by atoms with Crippen molar-refractivity contribution in [2.75, 3.05) is 17.2 Å². The fraction of sp³-hybridized carbons (Fsp3) is 0.515. The molecule has 1 saturated carbocycles. The first kappa shape index (κ1) is 27.9. The molecule has 0 radical (unpaired) electrons. The number of imidazole rings is 1. The van der Waals surface area contributed by atoms with Crippen molar-refractivity contribution in [1.29, 1.82) is 0 Å². The Labute approximate surface area is 252 Å². The Morgan fingerprint density at radius 2 is 1.81 bits per heavy atom. The number of pyridine rings is 1. The van der Waals surface area contributed by atoms with E-state index in [9.17, 15) is 4.79 Å². The van der Waals surface area contributed by atoms with Crippen LogP contribution in [-0.2, 0) is 18.3 Å². The lowest BCUT2D eigenvalue weighted by Gasteiger charge is -2.57. The molecule has 2 aliphatic heterocycles. The lowest BCUT2D eigenvalue weighted by molar-refractivity contribution is -0.248. The Kier molecular flexibility index (Phi) is 6.54. The second-order valence-electron chi connectivity index (χ2n) is 13.5. The molecule has 3 aromatic heterocycles. The summed E-state index contributed by atoms with van der Waals surface area (Å²) in [5.41, 5.74) is 5.02. The second kappa shape index (κ2) is 10.1. The highest BCUT2D eigenvalue weighted by Gasteiger charge is 2.54. The number of rotatable bonds is 3. The molecule has 1 aromatic carbocycles. The molecule has 226 valence electrons. The number of hydrogen-bond donors (Lipinski definition) is 2. The molecule has 10 nitrogen and oxygen atoms in total. The lowest BCUT2D eigenvalue weighted by Crippen LogP contribution is -2.70. The molecule has 1 aliphatic carbocycles. The van der Waals surface area contributed by atoms with Crippen molar-refractivity contribution in [3.63, 3.8) is 0 Å². The Balaban J connectivity index is 1.28. The van der Waals surface area contributed by atoms with Crippen molar-refractivity contribution < 1.29 is 14.3 Å². The fourth-order valence-corrected chi connectivity index (χ4v) is 7.27. The highest BCUT2D eigenvalue weighted by molar-refractivity contribution is 6.05. The molecule has 1 amide bonds. The quantitative estimate of drug-likeness (QED) is 0.306. The van der Waals surface area contributed by atoms with E-state index < -0.39 is 0 Å². The van der Waals surface area contributed by atoms with Gasteiger partial charge in [0.05, 0.1) is 52.3 Å². The highest BCUT2D eigenvalue weighted by atomic mass is 16.6. The van der Waals surface area contributed by atoms with Gasteiger partial charge in [-0.3, -0.25) is 15.1 Å². The number of aromatic nitrogens is 5. The maximum absolute atomic E-state index is 13.8. The molecule has 2 N–H and O–H groups in total. The molecule has 0 spiro atoms. The van der Waals surface area contributed by atoms with E-state index in [1.54, 1.807) is 23.0 Å². The van der Waals surface area contributed by atoms with Crippen molar-refractivity contribution >= 4 is 28.6 Å². The molecule has 7 rings (SSSR count). The number of nitrogens with zero attached hydrogens (tertiary/aromatic N) is 5. The molecule has 2 fully saturated rings. The van der Waals surface area contributed by atoms with Crippen LogP contribution in [0.1, 0.15) is 69.4 Å². The summed E-state index contributed by atoms with van der Waals surface area (Å²) in [7, 11) is 1.87. The van der Waals surface area contributed by atoms with Crippen LogP contribution in [0.5, 0.6) is 5.88 Å². The maximum atomic E-state index is 13.8. The Morgan fingerprint density at radius 3 is 2.56 bits per heavy atom. The zero-order valence-corrected chi connectivity index (χ0v) is 25.9. The summed E-state index contributed by atoms with van der Waals surface area (Å²) >= 11 is 0. The number of ether oxygens (including phenoxy) is 2. The average Bonchev–Trinajstić information content (AvgIpc) is 3.64. The van der Waals surface area contributed by atoms with Crippen LogP contribution < -0.4 is 15.4 Å². The molecular formula is C33H41N7O3. The molecule has 2 bridgehead atoms. The maximum Gasteiger partial charge on any atom is 0.258 e. The smallest absolute Gasteiger partial charge is 0.258 e. The molecule has 1 atom stereocenters. The van der Waals surface area contributed by atoms with Crippen LogP contribution in [0.2, 0.25) is 0 Å². The number of carbonyl (C=O) groups is 1. The Hall–Kier alpha value is -3.92. The minimum absolute atomic E-state index is 0.156. The minimum Gasteiger partial charge on any atom is -0.477 e. The van der Waals surface area contributed by atoms with Crippen LogP contribution in [0, 0.1) is 18.8 Å². The number of benzene rings is 1. The highest BCUT2D eigenvalue weighted by Crippen LogP contribution is 2.44. The summed E-state index contributed by atoms with van der Waals surface area (Å²) in [6.07, 6.45) is 6.20. The van der Waals surface area contributed by atoms with E-state index >= 15 is 0 Å². The van der Waals surface area contributed by atoms with Crippen LogP contribution in [-0.4, -0.2) is 54.1 Å². The largest absolute Gasteiger partial charge is 0.477 e. The molecule has 10 heteroatoms. The molecule has 5 heterocycles. The van der Waals surface area contributed by atoms with E-state index in [0.717, 1.165) is 47.4 Å². The van der Waals surface area contributed by atoms with Gasteiger partial charge in [-0.2, -0.15) is 5.10 Å². The fourth-order valence-electron chi connectivity index (χ4n) is 7.27. The summed E-state index contributed by atoms with van der Waals surface area (Å²) in [4.78, 5) is 23.5. The van der Waals surface area contributed by atoms with E-state index in [1.165, 1.54) is 12.8 Å². The number of amides is 1. The number of hydrogen-bond acceptors (Lipinski definition) is 7. The number of aryl methyl sites for hydroxylation is 2. The van der Waals surface area contributed by atoms with Gasteiger partial charge >= 0.3 is 0 Å². The van der Waals surface area contributed by atoms with Crippen molar-refractivity contribution in [3.05, 3.63) is 47.8 Å². The van der Waals surface area contributed by atoms with E-state index in [2.05, 4.69) is 66.2 Å². The second-order valence-corrected chi connectivity index (χ2v) is 13.5. The number of anilines is 2. The number of nitrogens with one attached hydrogen (secondary N) is 2.